The van der Waals surface area contributed by atoms with Crippen molar-refractivity contribution in [3.05, 3.63) is 45.9 Å². The van der Waals surface area contributed by atoms with E-state index in [-0.39, 0.29) is 5.91 Å². The van der Waals surface area contributed by atoms with Gasteiger partial charge in [0.15, 0.2) is 0 Å². The molecule has 1 heterocycles. The van der Waals surface area contributed by atoms with Crippen LogP contribution in [0.5, 0.6) is 0 Å². The summed E-state index contributed by atoms with van der Waals surface area (Å²) < 4.78 is 1.01. The van der Waals surface area contributed by atoms with Crippen LogP contribution < -0.4 is 5.32 Å². The van der Waals surface area contributed by atoms with Crippen molar-refractivity contribution in [2.24, 2.45) is 0 Å². The average Bonchev–Trinajstić information content (AvgIpc) is 2.88. The summed E-state index contributed by atoms with van der Waals surface area (Å²) in [7, 11) is 0. The molecule has 1 aromatic heterocycles. The van der Waals surface area contributed by atoms with Gasteiger partial charge in [0.2, 0.25) is 5.91 Å². The van der Waals surface area contributed by atoms with E-state index in [1.165, 1.54) is 31.2 Å². The van der Waals surface area contributed by atoms with Crippen LogP contribution in [0.25, 0.3) is 0 Å². The zero-order chi connectivity index (χ0) is 17.5. The first-order valence-electron chi connectivity index (χ1n) is 8.80. The molecule has 1 aliphatic rings. The van der Waals surface area contributed by atoms with E-state index in [0.29, 0.717) is 12.5 Å². The minimum Gasteiger partial charge on any atom is -0.353 e. The van der Waals surface area contributed by atoms with Gasteiger partial charge in [-0.15, -0.1) is 11.3 Å². The molecule has 0 aliphatic heterocycles. The fourth-order valence-corrected chi connectivity index (χ4v) is 4.96. The first kappa shape index (κ1) is 18.7. The van der Waals surface area contributed by atoms with E-state index < -0.39 is 0 Å². The molecule has 1 aromatic carbocycles. The molecule has 1 amide bonds. The molecule has 1 saturated carbocycles. The standard InChI is InChI=1S/C19H23ClN2OS2/c20-15-9-7-14(8-10-15)12-24-19-22-17(13-25-19)11-18(23)21-16-5-3-1-2-4-6-16/h7-10,13,16H,1-6,11-12H2,(H,21,23). The molecular weight excluding hydrogens is 372 g/mol. The van der Waals surface area contributed by atoms with Crippen LogP contribution in [0.15, 0.2) is 34.0 Å². The highest BCUT2D eigenvalue weighted by atomic mass is 35.5. The highest BCUT2D eigenvalue weighted by Gasteiger charge is 2.16. The molecule has 6 heteroatoms. The maximum atomic E-state index is 12.2. The van der Waals surface area contributed by atoms with Crippen molar-refractivity contribution in [3.63, 3.8) is 0 Å². The second-order valence-corrected chi connectivity index (χ2v) is 8.97. The van der Waals surface area contributed by atoms with E-state index >= 15 is 0 Å². The van der Waals surface area contributed by atoms with E-state index in [1.807, 2.05) is 29.6 Å². The number of carbonyl (C=O) groups excluding carboxylic acids is 1. The number of carbonyl (C=O) groups is 1. The summed E-state index contributed by atoms with van der Waals surface area (Å²) in [4.78, 5) is 16.8. The molecule has 25 heavy (non-hydrogen) atoms. The van der Waals surface area contributed by atoms with Crippen molar-refractivity contribution in [2.45, 2.75) is 61.1 Å². The predicted molar refractivity (Wildman–Crippen MR) is 106 cm³/mol. The predicted octanol–water partition coefficient (Wildman–Crippen LogP) is 5.47. The largest absolute Gasteiger partial charge is 0.353 e. The maximum absolute atomic E-state index is 12.2. The molecule has 0 bridgehead atoms. The summed E-state index contributed by atoms with van der Waals surface area (Å²) >= 11 is 9.21. The zero-order valence-corrected chi connectivity index (χ0v) is 16.6. The molecule has 0 radical (unpaired) electrons. The Hall–Kier alpha value is -1.04. The van der Waals surface area contributed by atoms with Crippen molar-refractivity contribution in [1.82, 2.24) is 10.3 Å². The lowest BCUT2D eigenvalue weighted by Gasteiger charge is -2.15. The van der Waals surface area contributed by atoms with Gasteiger partial charge in [-0.05, 0) is 30.5 Å². The Bertz CT molecular complexity index is 679. The quantitative estimate of drug-likeness (QED) is 0.521. The smallest absolute Gasteiger partial charge is 0.226 e. The van der Waals surface area contributed by atoms with E-state index in [0.717, 1.165) is 33.7 Å². The lowest BCUT2D eigenvalue weighted by Crippen LogP contribution is -2.35. The molecule has 0 unspecified atom stereocenters. The number of benzene rings is 1. The summed E-state index contributed by atoms with van der Waals surface area (Å²) in [6, 6.07) is 8.23. The Morgan fingerprint density at radius 3 is 2.64 bits per heavy atom. The lowest BCUT2D eigenvalue weighted by molar-refractivity contribution is -0.121. The van der Waals surface area contributed by atoms with E-state index in [9.17, 15) is 4.79 Å². The minimum atomic E-state index is 0.103. The summed E-state index contributed by atoms with van der Waals surface area (Å²) in [6.07, 6.45) is 7.67. The number of aromatic nitrogens is 1. The molecule has 3 rings (SSSR count). The number of nitrogens with zero attached hydrogens (tertiary/aromatic N) is 1. The van der Waals surface area contributed by atoms with Crippen molar-refractivity contribution in [1.29, 1.82) is 0 Å². The lowest BCUT2D eigenvalue weighted by atomic mass is 10.1. The number of halogens is 1. The van der Waals surface area contributed by atoms with Gasteiger partial charge in [-0.25, -0.2) is 4.98 Å². The van der Waals surface area contributed by atoms with Gasteiger partial charge in [-0.3, -0.25) is 4.79 Å². The van der Waals surface area contributed by atoms with E-state index in [1.54, 1.807) is 23.1 Å². The highest BCUT2D eigenvalue weighted by Crippen LogP contribution is 2.27. The second-order valence-electron chi connectivity index (χ2n) is 6.45. The molecule has 2 aromatic rings. The van der Waals surface area contributed by atoms with Crippen LogP contribution in [-0.2, 0) is 17.0 Å². The van der Waals surface area contributed by atoms with Crippen LogP contribution in [0.2, 0.25) is 5.02 Å². The molecule has 1 fully saturated rings. The van der Waals surface area contributed by atoms with Gasteiger partial charge in [-0.2, -0.15) is 0 Å². The maximum Gasteiger partial charge on any atom is 0.226 e. The van der Waals surface area contributed by atoms with Gasteiger partial charge in [0.1, 0.15) is 4.34 Å². The molecule has 134 valence electrons. The summed E-state index contributed by atoms with van der Waals surface area (Å²) in [5, 5.41) is 5.94. The number of thioether (sulfide) groups is 1. The third-order valence-corrected chi connectivity index (χ3v) is 6.76. The van der Waals surface area contributed by atoms with E-state index in [2.05, 4.69) is 10.3 Å². The number of hydrogen-bond donors (Lipinski definition) is 1. The molecule has 0 atom stereocenters. The van der Waals surface area contributed by atoms with Crippen LogP contribution in [-0.4, -0.2) is 16.9 Å². The van der Waals surface area contributed by atoms with Crippen molar-refractivity contribution >= 4 is 40.6 Å². The average molecular weight is 395 g/mol. The zero-order valence-electron chi connectivity index (χ0n) is 14.2. The monoisotopic (exact) mass is 394 g/mol. The van der Waals surface area contributed by atoms with Gasteiger partial charge < -0.3 is 5.32 Å². The van der Waals surface area contributed by atoms with E-state index in [4.69, 9.17) is 11.6 Å². The Kier molecular flexibility index (Phi) is 7.20. The molecular formula is C19H23ClN2OS2. The van der Waals surface area contributed by atoms with Crippen molar-refractivity contribution < 1.29 is 4.79 Å². The van der Waals surface area contributed by atoms with Crippen LogP contribution >= 0.6 is 34.7 Å². The van der Waals surface area contributed by atoms with Gasteiger partial charge in [0, 0.05) is 22.2 Å². The van der Waals surface area contributed by atoms with Crippen LogP contribution in [0.4, 0.5) is 0 Å². The number of hydrogen-bond acceptors (Lipinski definition) is 4. The van der Waals surface area contributed by atoms with Gasteiger partial charge in [-0.1, -0.05) is 61.2 Å². The van der Waals surface area contributed by atoms with Gasteiger partial charge in [0.25, 0.3) is 0 Å². The molecule has 3 nitrogen and oxygen atoms in total. The molecule has 0 saturated heterocycles. The SMILES string of the molecule is O=C(Cc1csc(SCc2ccc(Cl)cc2)n1)NC1CCCCCC1. The van der Waals surface area contributed by atoms with Crippen LogP contribution in [0, 0.1) is 0 Å². The normalized spacial score (nSPS) is 15.7. The number of amides is 1. The first-order valence-corrected chi connectivity index (χ1v) is 11.0. The fraction of sp³-hybridized carbons (Fsp3) is 0.474. The Labute approximate surface area is 162 Å². The number of thiazole rings is 1. The highest BCUT2D eigenvalue weighted by molar-refractivity contribution is 8.00. The Morgan fingerprint density at radius 2 is 1.92 bits per heavy atom. The third kappa shape index (κ3) is 6.32. The second kappa shape index (κ2) is 9.60. The Morgan fingerprint density at radius 1 is 1.20 bits per heavy atom. The first-order chi connectivity index (χ1) is 12.2. The van der Waals surface area contributed by atoms with Crippen molar-refractivity contribution in [3.8, 4) is 0 Å². The van der Waals surface area contributed by atoms with Gasteiger partial charge >= 0.3 is 0 Å². The summed E-state index contributed by atoms with van der Waals surface area (Å²) in [5.74, 6) is 0.963. The number of rotatable bonds is 6. The molecule has 0 spiro atoms. The minimum absolute atomic E-state index is 0.103. The molecule has 1 aliphatic carbocycles. The topological polar surface area (TPSA) is 42.0 Å². The number of nitrogens with one attached hydrogen (secondary N) is 1. The van der Waals surface area contributed by atoms with Gasteiger partial charge in [0.05, 0.1) is 12.1 Å². The molecule has 1 N–H and O–H groups in total. The summed E-state index contributed by atoms with van der Waals surface area (Å²) in [6.45, 7) is 0. The van der Waals surface area contributed by atoms with Crippen LogP contribution in [0.1, 0.15) is 49.8 Å². The Balaban J connectivity index is 1.45. The third-order valence-electron chi connectivity index (χ3n) is 4.37. The summed E-state index contributed by atoms with van der Waals surface area (Å²) in [5.41, 5.74) is 2.09. The fourth-order valence-electron chi connectivity index (χ4n) is 3.03. The van der Waals surface area contributed by atoms with Crippen molar-refractivity contribution in [2.75, 3.05) is 0 Å². The van der Waals surface area contributed by atoms with Crippen LogP contribution in [0.3, 0.4) is 0 Å².